The topological polar surface area (TPSA) is 35.6 Å². The number of benzene rings is 2. The molecule has 2 aromatic heterocycles. The minimum absolute atomic E-state index is 0.798. The molecule has 0 spiro atoms. The van der Waals surface area contributed by atoms with Crippen molar-refractivity contribution >= 4 is 21.8 Å². The summed E-state index contributed by atoms with van der Waals surface area (Å²) in [5.41, 5.74) is 5.14. The van der Waals surface area contributed by atoms with Crippen LogP contribution in [0.15, 0.2) is 48.8 Å². The van der Waals surface area contributed by atoms with Crippen molar-refractivity contribution in [3.8, 4) is 0 Å². The zero-order valence-electron chi connectivity index (χ0n) is 16.8. The van der Waals surface area contributed by atoms with E-state index in [1.54, 1.807) is 0 Å². The fourth-order valence-electron chi connectivity index (χ4n) is 4.43. The molecule has 4 nitrogen and oxygen atoms in total. The number of aromatic nitrogens is 4. The summed E-state index contributed by atoms with van der Waals surface area (Å²) in [6.07, 6.45) is 9.23. The lowest BCUT2D eigenvalue weighted by atomic mass is 10.0. The van der Waals surface area contributed by atoms with Gasteiger partial charge in [-0.3, -0.25) is 9.36 Å². The highest BCUT2D eigenvalue weighted by Crippen LogP contribution is 2.43. The van der Waals surface area contributed by atoms with Crippen LogP contribution < -0.4 is 0 Å². The summed E-state index contributed by atoms with van der Waals surface area (Å²) < 4.78 is 4.23. The van der Waals surface area contributed by atoms with Gasteiger partial charge in [0.05, 0.1) is 17.2 Å². The van der Waals surface area contributed by atoms with E-state index < -0.39 is 0 Å². The Morgan fingerprint density at radius 3 is 2.86 bits per heavy atom. The van der Waals surface area contributed by atoms with E-state index in [0.717, 1.165) is 36.9 Å². The molecule has 2 aromatic carbocycles. The first-order valence-electron chi connectivity index (χ1n) is 10.6. The van der Waals surface area contributed by atoms with E-state index in [2.05, 4.69) is 71.3 Å². The monoisotopic (exact) mass is 372 g/mol. The standard InChI is InChI=1S/C24H28N4/c1-3-27-15-21-10-8-18(12-23(21)26-27)5-4-6-19-13-22(19)16-28-24-11-17(2)7-9-20(24)14-25-28/h7-12,14-15,19,22H,3-6,13,16H2,1-2H3. The number of hydrogen-bond acceptors (Lipinski definition) is 2. The summed E-state index contributed by atoms with van der Waals surface area (Å²) in [6, 6.07) is 13.4. The van der Waals surface area contributed by atoms with Gasteiger partial charge in [0.25, 0.3) is 0 Å². The van der Waals surface area contributed by atoms with E-state index in [1.807, 2.05) is 10.9 Å². The number of hydrogen-bond donors (Lipinski definition) is 0. The second kappa shape index (κ2) is 7.08. The van der Waals surface area contributed by atoms with Crippen LogP contribution in [-0.4, -0.2) is 19.6 Å². The smallest absolute Gasteiger partial charge is 0.0926 e. The molecule has 1 fully saturated rings. The fraction of sp³-hybridized carbons (Fsp3) is 0.417. The second-order valence-electron chi connectivity index (χ2n) is 8.41. The average molecular weight is 373 g/mol. The van der Waals surface area contributed by atoms with Crippen LogP contribution in [0.4, 0.5) is 0 Å². The van der Waals surface area contributed by atoms with Crippen LogP contribution >= 0.6 is 0 Å². The molecule has 0 saturated heterocycles. The van der Waals surface area contributed by atoms with Gasteiger partial charge in [0.15, 0.2) is 0 Å². The molecule has 144 valence electrons. The lowest BCUT2D eigenvalue weighted by molar-refractivity contribution is 0.521. The molecule has 1 aliphatic rings. The quantitative estimate of drug-likeness (QED) is 0.437. The van der Waals surface area contributed by atoms with Gasteiger partial charge in [0, 0.05) is 30.1 Å². The second-order valence-corrected chi connectivity index (χ2v) is 8.41. The maximum atomic E-state index is 4.64. The summed E-state index contributed by atoms with van der Waals surface area (Å²) in [5.74, 6) is 1.67. The van der Waals surface area contributed by atoms with Crippen molar-refractivity contribution in [2.24, 2.45) is 11.8 Å². The molecule has 1 saturated carbocycles. The Balaban J connectivity index is 1.15. The van der Waals surface area contributed by atoms with E-state index in [4.69, 9.17) is 0 Å². The number of rotatable bonds is 7. The third-order valence-electron chi connectivity index (χ3n) is 6.26. The van der Waals surface area contributed by atoms with Crippen LogP contribution in [0.1, 0.15) is 37.3 Å². The van der Waals surface area contributed by atoms with E-state index in [0.29, 0.717) is 0 Å². The van der Waals surface area contributed by atoms with E-state index >= 15 is 0 Å². The fourth-order valence-corrected chi connectivity index (χ4v) is 4.43. The molecule has 28 heavy (non-hydrogen) atoms. The van der Waals surface area contributed by atoms with E-state index in [9.17, 15) is 0 Å². The van der Waals surface area contributed by atoms with Gasteiger partial charge in [0.2, 0.25) is 0 Å². The molecular formula is C24H28N4. The Bertz CT molecular complexity index is 1120. The van der Waals surface area contributed by atoms with Gasteiger partial charge in [-0.1, -0.05) is 24.3 Å². The lowest BCUT2D eigenvalue weighted by Crippen LogP contribution is -2.03. The molecule has 2 heterocycles. The molecular weight excluding hydrogens is 344 g/mol. The Labute approximate surface area is 166 Å². The first-order valence-corrected chi connectivity index (χ1v) is 10.6. The van der Waals surface area contributed by atoms with Crippen LogP contribution in [-0.2, 0) is 19.5 Å². The summed E-state index contributed by atoms with van der Waals surface area (Å²) in [4.78, 5) is 0. The third-order valence-corrected chi connectivity index (χ3v) is 6.26. The molecule has 0 N–H and O–H groups in total. The van der Waals surface area contributed by atoms with Crippen molar-refractivity contribution in [2.45, 2.75) is 52.6 Å². The molecule has 0 aliphatic heterocycles. The summed E-state index contributed by atoms with van der Waals surface area (Å²) >= 11 is 0. The Kier molecular flexibility index (Phi) is 4.42. The number of aryl methyl sites for hydroxylation is 3. The van der Waals surface area contributed by atoms with Crippen molar-refractivity contribution in [3.05, 3.63) is 59.9 Å². The first kappa shape index (κ1) is 17.5. The molecule has 5 rings (SSSR count). The van der Waals surface area contributed by atoms with E-state index in [1.165, 1.54) is 46.7 Å². The van der Waals surface area contributed by atoms with Crippen LogP contribution in [0.5, 0.6) is 0 Å². The van der Waals surface area contributed by atoms with Crippen molar-refractivity contribution in [1.29, 1.82) is 0 Å². The Morgan fingerprint density at radius 1 is 1.07 bits per heavy atom. The molecule has 2 atom stereocenters. The van der Waals surface area contributed by atoms with Crippen molar-refractivity contribution < 1.29 is 0 Å². The predicted molar refractivity (Wildman–Crippen MR) is 114 cm³/mol. The highest BCUT2D eigenvalue weighted by molar-refractivity contribution is 5.79. The molecule has 0 amide bonds. The normalized spacial score (nSPS) is 18.9. The molecule has 0 radical (unpaired) electrons. The molecule has 0 bridgehead atoms. The van der Waals surface area contributed by atoms with Gasteiger partial charge >= 0.3 is 0 Å². The maximum absolute atomic E-state index is 4.64. The molecule has 1 aliphatic carbocycles. The summed E-state index contributed by atoms with van der Waals surface area (Å²) in [7, 11) is 0. The number of nitrogens with zero attached hydrogens (tertiary/aromatic N) is 4. The van der Waals surface area contributed by atoms with Crippen molar-refractivity contribution in [1.82, 2.24) is 19.6 Å². The van der Waals surface area contributed by atoms with Crippen LogP contribution in [0.25, 0.3) is 21.8 Å². The molecule has 2 unspecified atom stereocenters. The van der Waals surface area contributed by atoms with Crippen LogP contribution in [0.3, 0.4) is 0 Å². The van der Waals surface area contributed by atoms with Gasteiger partial charge in [-0.25, -0.2) is 0 Å². The number of fused-ring (bicyclic) bond motifs is 2. The van der Waals surface area contributed by atoms with Gasteiger partial charge in [-0.15, -0.1) is 0 Å². The van der Waals surface area contributed by atoms with Crippen LogP contribution in [0, 0.1) is 18.8 Å². The zero-order chi connectivity index (χ0) is 19.1. The Hall–Kier alpha value is -2.62. The summed E-state index contributed by atoms with van der Waals surface area (Å²) in [5, 5.41) is 11.8. The highest BCUT2D eigenvalue weighted by atomic mass is 15.3. The maximum Gasteiger partial charge on any atom is 0.0926 e. The first-order chi connectivity index (χ1) is 13.7. The van der Waals surface area contributed by atoms with Crippen LogP contribution in [0.2, 0.25) is 0 Å². The molecule has 4 heteroatoms. The Morgan fingerprint density at radius 2 is 1.96 bits per heavy atom. The van der Waals surface area contributed by atoms with Crippen molar-refractivity contribution in [3.63, 3.8) is 0 Å². The van der Waals surface area contributed by atoms with Gasteiger partial charge < -0.3 is 0 Å². The third kappa shape index (κ3) is 3.44. The SMILES string of the molecule is CCn1cc2ccc(CCCC3CC3Cn3ncc4ccc(C)cc43)cc2n1. The zero-order valence-corrected chi connectivity index (χ0v) is 16.8. The minimum atomic E-state index is 0.798. The van der Waals surface area contributed by atoms with E-state index in [-0.39, 0.29) is 0 Å². The highest BCUT2D eigenvalue weighted by Gasteiger charge is 2.36. The summed E-state index contributed by atoms with van der Waals surface area (Å²) in [6.45, 7) is 6.28. The lowest BCUT2D eigenvalue weighted by Gasteiger charge is -2.05. The van der Waals surface area contributed by atoms with Gasteiger partial charge in [0.1, 0.15) is 0 Å². The predicted octanol–water partition coefficient (Wildman–Crippen LogP) is 5.37. The largest absolute Gasteiger partial charge is 0.272 e. The van der Waals surface area contributed by atoms with Crippen molar-refractivity contribution in [2.75, 3.05) is 0 Å². The molecule has 4 aromatic rings. The minimum Gasteiger partial charge on any atom is -0.272 e. The van der Waals surface area contributed by atoms with Gasteiger partial charge in [-0.05, 0) is 74.6 Å². The average Bonchev–Trinajstić information content (AvgIpc) is 3.11. The van der Waals surface area contributed by atoms with Gasteiger partial charge in [-0.2, -0.15) is 10.2 Å².